The summed E-state index contributed by atoms with van der Waals surface area (Å²) in [6.07, 6.45) is 1.82. The first-order valence-corrected chi connectivity index (χ1v) is 2.31. The second-order valence-electron chi connectivity index (χ2n) is 1.43. The van der Waals surface area contributed by atoms with E-state index in [9.17, 15) is 4.79 Å². The number of rotatable bonds is 1. The van der Waals surface area contributed by atoms with Gasteiger partial charge in [-0.05, 0) is 6.07 Å². The summed E-state index contributed by atoms with van der Waals surface area (Å²) in [4.78, 5) is 10.0. The number of furan rings is 1. The highest BCUT2D eigenvalue weighted by Gasteiger charge is 2.00. The maximum atomic E-state index is 10.0. The summed E-state index contributed by atoms with van der Waals surface area (Å²) in [6.45, 7) is 0. The van der Waals surface area contributed by atoms with Crippen molar-refractivity contribution in [2.75, 3.05) is 0 Å². The molecule has 0 radical (unpaired) electrons. The summed E-state index contributed by atoms with van der Waals surface area (Å²) in [7, 11) is 0. The second-order valence-corrected chi connectivity index (χ2v) is 1.43. The fourth-order valence-electron chi connectivity index (χ4n) is 0.505. The minimum atomic E-state index is 0.0949. The van der Waals surface area contributed by atoms with Crippen molar-refractivity contribution >= 4 is 6.29 Å². The summed E-state index contributed by atoms with van der Waals surface area (Å²) >= 11 is 0. The molecule has 1 rings (SSSR count). The van der Waals surface area contributed by atoms with Gasteiger partial charge in [0.25, 0.3) is 0 Å². The van der Waals surface area contributed by atoms with E-state index in [1.165, 1.54) is 12.3 Å². The number of nitrogens with zero attached hydrogens (tertiary/aromatic N) is 1. The van der Waals surface area contributed by atoms with E-state index in [0.717, 1.165) is 0 Å². The Balaban J connectivity index is 3.17. The van der Waals surface area contributed by atoms with E-state index in [2.05, 4.69) is 4.42 Å². The van der Waals surface area contributed by atoms with Crippen LogP contribution in [-0.4, -0.2) is 6.29 Å². The highest BCUT2D eigenvalue weighted by Crippen LogP contribution is 2.04. The highest BCUT2D eigenvalue weighted by molar-refractivity contribution is 5.74. The summed E-state index contributed by atoms with van der Waals surface area (Å²) in [5.41, 5.74) is 0.282. The van der Waals surface area contributed by atoms with Gasteiger partial charge >= 0.3 is 0 Å². The van der Waals surface area contributed by atoms with Crippen molar-refractivity contribution in [2.45, 2.75) is 0 Å². The summed E-state index contributed by atoms with van der Waals surface area (Å²) < 4.78 is 4.61. The number of carbonyl (C=O) groups excluding carboxylic acids is 1. The number of nitriles is 1. The van der Waals surface area contributed by atoms with E-state index in [1.54, 1.807) is 6.07 Å². The molecular weight excluding hydrogens is 118 g/mol. The smallest absolute Gasteiger partial charge is 0.186 e. The van der Waals surface area contributed by atoms with Crippen molar-refractivity contribution in [3.63, 3.8) is 0 Å². The molecular formula is C6H3NO2. The lowest BCUT2D eigenvalue weighted by atomic mass is 10.3. The van der Waals surface area contributed by atoms with Gasteiger partial charge in [-0.2, -0.15) is 5.26 Å². The Morgan fingerprint density at radius 3 is 3.00 bits per heavy atom. The molecule has 0 aromatic carbocycles. The van der Waals surface area contributed by atoms with E-state index in [0.29, 0.717) is 6.29 Å². The van der Waals surface area contributed by atoms with Crippen LogP contribution in [0.25, 0.3) is 0 Å². The lowest BCUT2D eigenvalue weighted by Gasteiger charge is -1.75. The van der Waals surface area contributed by atoms with Crippen LogP contribution >= 0.6 is 0 Å². The van der Waals surface area contributed by atoms with Gasteiger partial charge in [-0.3, -0.25) is 4.79 Å². The van der Waals surface area contributed by atoms with Gasteiger partial charge in [-0.15, -0.1) is 0 Å². The molecule has 0 saturated carbocycles. The third-order valence-corrected chi connectivity index (χ3v) is 0.923. The van der Waals surface area contributed by atoms with Crippen LogP contribution in [0.2, 0.25) is 0 Å². The van der Waals surface area contributed by atoms with Gasteiger partial charge in [-0.25, -0.2) is 0 Å². The zero-order chi connectivity index (χ0) is 6.69. The lowest BCUT2D eigenvalue weighted by Crippen LogP contribution is -1.76. The van der Waals surface area contributed by atoms with Crippen LogP contribution in [-0.2, 0) is 0 Å². The molecule has 3 heteroatoms. The van der Waals surface area contributed by atoms with Crippen LogP contribution in [0.4, 0.5) is 0 Å². The highest BCUT2D eigenvalue weighted by atomic mass is 16.3. The Labute approximate surface area is 51.5 Å². The Bertz CT molecular complexity index is 256. The minimum Gasteiger partial charge on any atom is -0.460 e. The van der Waals surface area contributed by atoms with Crippen LogP contribution in [0.3, 0.4) is 0 Å². The molecule has 0 aliphatic rings. The van der Waals surface area contributed by atoms with Crippen LogP contribution in [0.5, 0.6) is 0 Å². The zero-order valence-electron chi connectivity index (χ0n) is 4.50. The molecule has 0 saturated heterocycles. The van der Waals surface area contributed by atoms with Crippen LogP contribution in [0.1, 0.15) is 16.1 Å². The molecule has 44 valence electrons. The molecule has 0 spiro atoms. The van der Waals surface area contributed by atoms with Gasteiger partial charge in [0.2, 0.25) is 0 Å². The Morgan fingerprint density at radius 1 is 1.78 bits per heavy atom. The number of carbonyl (C=O) groups is 1. The summed E-state index contributed by atoms with van der Waals surface area (Å²) in [5, 5.41) is 8.27. The van der Waals surface area contributed by atoms with Crippen molar-refractivity contribution in [2.24, 2.45) is 0 Å². The third kappa shape index (κ3) is 0.820. The predicted molar refractivity (Wildman–Crippen MR) is 28.8 cm³/mol. The zero-order valence-corrected chi connectivity index (χ0v) is 4.50. The SMILES string of the molecule is N#Cc1ccoc1C=O. The molecule has 0 atom stereocenters. The van der Waals surface area contributed by atoms with E-state index in [-0.39, 0.29) is 11.3 Å². The first-order chi connectivity index (χ1) is 4.38. The van der Waals surface area contributed by atoms with Crippen LogP contribution in [0.15, 0.2) is 16.7 Å². The molecule has 3 nitrogen and oxygen atoms in total. The molecule has 0 amide bonds. The number of aldehydes is 1. The first kappa shape index (κ1) is 5.57. The lowest BCUT2D eigenvalue weighted by molar-refractivity contribution is 0.110. The van der Waals surface area contributed by atoms with Gasteiger partial charge in [-0.1, -0.05) is 0 Å². The van der Waals surface area contributed by atoms with E-state index >= 15 is 0 Å². The molecule has 1 aromatic heterocycles. The second kappa shape index (κ2) is 2.14. The monoisotopic (exact) mass is 121 g/mol. The molecule has 0 aliphatic carbocycles. The molecule has 0 bridgehead atoms. The van der Waals surface area contributed by atoms with E-state index in [4.69, 9.17) is 5.26 Å². The topological polar surface area (TPSA) is 54.0 Å². The number of hydrogen-bond acceptors (Lipinski definition) is 3. The molecule has 1 heterocycles. The molecule has 1 aromatic rings. The molecule has 0 unspecified atom stereocenters. The number of hydrogen-bond donors (Lipinski definition) is 0. The van der Waals surface area contributed by atoms with Crippen molar-refractivity contribution in [3.05, 3.63) is 23.7 Å². The standard InChI is InChI=1S/C6H3NO2/c7-3-5-1-2-9-6(5)4-8/h1-2,4H. The average molecular weight is 121 g/mol. The van der Waals surface area contributed by atoms with Gasteiger partial charge in [0.15, 0.2) is 12.0 Å². The Hall–Kier alpha value is -1.56. The van der Waals surface area contributed by atoms with Gasteiger partial charge in [0.1, 0.15) is 11.6 Å². The van der Waals surface area contributed by atoms with Crippen LogP contribution in [0, 0.1) is 11.3 Å². The predicted octanol–water partition coefficient (Wildman–Crippen LogP) is 0.964. The third-order valence-electron chi connectivity index (χ3n) is 0.923. The van der Waals surface area contributed by atoms with Gasteiger partial charge in [0.05, 0.1) is 6.26 Å². The largest absolute Gasteiger partial charge is 0.460 e. The Kier molecular flexibility index (Phi) is 1.32. The quantitative estimate of drug-likeness (QED) is 0.520. The fourth-order valence-corrected chi connectivity index (χ4v) is 0.505. The molecule has 9 heavy (non-hydrogen) atoms. The van der Waals surface area contributed by atoms with Crippen molar-refractivity contribution < 1.29 is 9.21 Å². The van der Waals surface area contributed by atoms with Crippen LogP contribution < -0.4 is 0 Å². The maximum Gasteiger partial charge on any atom is 0.186 e. The Morgan fingerprint density at radius 2 is 2.56 bits per heavy atom. The molecule has 0 aliphatic heterocycles. The van der Waals surface area contributed by atoms with Crippen molar-refractivity contribution in [3.8, 4) is 6.07 Å². The molecule has 0 N–H and O–H groups in total. The van der Waals surface area contributed by atoms with Gasteiger partial charge < -0.3 is 4.42 Å². The van der Waals surface area contributed by atoms with Gasteiger partial charge in [0, 0.05) is 0 Å². The fraction of sp³-hybridized carbons (Fsp3) is 0. The summed E-state index contributed by atoms with van der Waals surface area (Å²) in [6, 6.07) is 3.25. The van der Waals surface area contributed by atoms with Crippen molar-refractivity contribution in [1.29, 1.82) is 5.26 Å². The summed E-state index contributed by atoms with van der Waals surface area (Å²) in [5.74, 6) is 0.0949. The maximum absolute atomic E-state index is 10.0. The van der Waals surface area contributed by atoms with E-state index in [1.807, 2.05) is 0 Å². The molecule has 0 fully saturated rings. The van der Waals surface area contributed by atoms with Crippen molar-refractivity contribution in [1.82, 2.24) is 0 Å². The average Bonchev–Trinajstić information content (AvgIpc) is 2.33. The van der Waals surface area contributed by atoms with E-state index < -0.39 is 0 Å². The minimum absolute atomic E-state index is 0.0949. The first-order valence-electron chi connectivity index (χ1n) is 2.31. The normalized spacial score (nSPS) is 8.33.